The molecule has 0 aliphatic heterocycles. The molecule has 1 aromatic carbocycles. The first-order chi connectivity index (χ1) is 9.13. The number of aryl methyl sites for hydroxylation is 1. The number of aromatic nitrogens is 1. The number of ether oxygens (including phenoxy) is 1. The summed E-state index contributed by atoms with van der Waals surface area (Å²) in [5.74, 6) is 0.875. The zero-order chi connectivity index (χ0) is 13.7. The van der Waals surface area contributed by atoms with E-state index in [9.17, 15) is 0 Å². The van der Waals surface area contributed by atoms with Crippen LogP contribution in [-0.2, 0) is 13.0 Å². The Bertz CT molecular complexity index is 538. The van der Waals surface area contributed by atoms with Crippen LogP contribution in [0.25, 0.3) is 0 Å². The highest BCUT2D eigenvalue weighted by atomic mass is 16.5. The average molecular weight is 256 g/mol. The van der Waals surface area contributed by atoms with Crippen molar-refractivity contribution in [3.63, 3.8) is 0 Å². The molecule has 2 aromatic rings. The zero-order valence-corrected chi connectivity index (χ0v) is 11.5. The minimum absolute atomic E-state index is 0.163. The van der Waals surface area contributed by atoms with Crippen LogP contribution in [0.3, 0.4) is 0 Å². The number of benzene rings is 1. The largest absolute Gasteiger partial charge is 0.489 e. The van der Waals surface area contributed by atoms with Crippen LogP contribution in [0.2, 0.25) is 0 Å². The molecule has 2 N–H and O–H groups in total. The monoisotopic (exact) mass is 256 g/mol. The van der Waals surface area contributed by atoms with Crippen LogP contribution < -0.4 is 10.5 Å². The Balaban J connectivity index is 1.99. The van der Waals surface area contributed by atoms with Crippen molar-refractivity contribution in [2.24, 2.45) is 5.73 Å². The van der Waals surface area contributed by atoms with Gasteiger partial charge in [0.2, 0.25) is 0 Å². The van der Waals surface area contributed by atoms with Crippen molar-refractivity contribution in [2.75, 3.05) is 0 Å². The van der Waals surface area contributed by atoms with E-state index < -0.39 is 0 Å². The van der Waals surface area contributed by atoms with Crippen LogP contribution in [0.1, 0.15) is 23.6 Å². The molecule has 0 saturated carbocycles. The fourth-order valence-corrected chi connectivity index (χ4v) is 2.00. The summed E-state index contributed by atoms with van der Waals surface area (Å²) in [5, 5.41) is 0. The Morgan fingerprint density at radius 1 is 1.21 bits per heavy atom. The summed E-state index contributed by atoms with van der Waals surface area (Å²) in [5.41, 5.74) is 9.24. The lowest BCUT2D eigenvalue weighted by atomic mass is 10.1. The quantitative estimate of drug-likeness (QED) is 0.894. The molecule has 0 bridgehead atoms. The SMILES string of the molecule is Cc1cncc(COc2cccc(CC(C)N)c2)c1. The minimum Gasteiger partial charge on any atom is -0.489 e. The standard InChI is InChI=1S/C16H20N2O/c1-12-6-15(10-18-9-12)11-19-16-5-3-4-14(8-16)7-13(2)17/h3-6,8-10,13H,7,11,17H2,1-2H3. The molecular weight excluding hydrogens is 236 g/mol. The molecule has 3 heteroatoms. The maximum absolute atomic E-state index is 5.81. The third kappa shape index (κ3) is 4.38. The van der Waals surface area contributed by atoms with Crippen molar-refractivity contribution >= 4 is 0 Å². The normalized spacial score (nSPS) is 12.2. The van der Waals surface area contributed by atoms with Crippen LogP contribution in [0, 0.1) is 6.92 Å². The van der Waals surface area contributed by atoms with Gasteiger partial charge >= 0.3 is 0 Å². The Hall–Kier alpha value is -1.87. The smallest absolute Gasteiger partial charge is 0.120 e. The van der Waals surface area contributed by atoms with Gasteiger partial charge in [0, 0.05) is 24.0 Å². The van der Waals surface area contributed by atoms with Gasteiger partial charge in [-0.2, -0.15) is 0 Å². The second-order valence-electron chi connectivity index (χ2n) is 4.99. The van der Waals surface area contributed by atoms with E-state index in [1.54, 1.807) is 0 Å². The Morgan fingerprint density at radius 2 is 2.05 bits per heavy atom. The fourth-order valence-electron chi connectivity index (χ4n) is 2.00. The first-order valence-corrected chi connectivity index (χ1v) is 6.51. The lowest BCUT2D eigenvalue weighted by Gasteiger charge is -2.09. The average Bonchev–Trinajstić information content (AvgIpc) is 2.36. The van der Waals surface area contributed by atoms with Gasteiger partial charge in [-0.25, -0.2) is 0 Å². The van der Waals surface area contributed by atoms with Crippen molar-refractivity contribution in [1.82, 2.24) is 4.98 Å². The van der Waals surface area contributed by atoms with E-state index in [4.69, 9.17) is 10.5 Å². The highest BCUT2D eigenvalue weighted by Gasteiger charge is 2.01. The van der Waals surface area contributed by atoms with Gasteiger partial charge in [0.25, 0.3) is 0 Å². The molecule has 0 saturated heterocycles. The molecular formula is C16H20N2O. The van der Waals surface area contributed by atoms with Gasteiger partial charge in [0.1, 0.15) is 12.4 Å². The summed E-state index contributed by atoms with van der Waals surface area (Å²) in [4.78, 5) is 4.16. The number of hydrogen-bond acceptors (Lipinski definition) is 3. The first-order valence-electron chi connectivity index (χ1n) is 6.51. The van der Waals surface area contributed by atoms with E-state index in [1.165, 1.54) is 5.56 Å². The molecule has 1 atom stereocenters. The van der Waals surface area contributed by atoms with Crippen molar-refractivity contribution < 1.29 is 4.74 Å². The Labute approximate surface area is 114 Å². The molecule has 19 heavy (non-hydrogen) atoms. The maximum atomic E-state index is 5.81. The number of nitrogens with zero attached hydrogens (tertiary/aromatic N) is 1. The van der Waals surface area contributed by atoms with Crippen LogP contribution in [-0.4, -0.2) is 11.0 Å². The maximum Gasteiger partial charge on any atom is 0.120 e. The zero-order valence-electron chi connectivity index (χ0n) is 11.5. The van der Waals surface area contributed by atoms with E-state index in [2.05, 4.69) is 17.1 Å². The van der Waals surface area contributed by atoms with Crippen molar-refractivity contribution in [3.05, 3.63) is 59.4 Å². The van der Waals surface area contributed by atoms with Crippen molar-refractivity contribution in [2.45, 2.75) is 32.9 Å². The Kier molecular flexibility index (Phi) is 4.53. The highest BCUT2D eigenvalue weighted by Crippen LogP contribution is 2.16. The molecule has 3 nitrogen and oxygen atoms in total. The molecule has 0 aliphatic carbocycles. The summed E-state index contributed by atoms with van der Waals surface area (Å²) < 4.78 is 5.79. The number of pyridine rings is 1. The highest BCUT2D eigenvalue weighted by molar-refractivity contribution is 5.29. The van der Waals surface area contributed by atoms with Gasteiger partial charge < -0.3 is 10.5 Å². The predicted octanol–water partition coefficient (Wildman–Crippen LogP) is 2.86. The molecule has 0 radical (unpaired) electrons. The van der Waals surface area contributed by atoms with Crippen LogP contribution in [0.5, 0.6) is 5.75 Å². The number of hydrogen-bond donors (Lipinski definition) is 1. The molecule has 100 valence electrons. The first kappa shape index (κ1) is 13.6. The summed E-state index contributed by atoms with van der Waals surface area (Å²) in [6, 6.07) is 10.3. The summed E-state index contributed by atoms with van der Waals surface area (Å²) in [6.07, 6.45) is 4.54. The third-order valence-electron chi connectivity index (χ3n) is 2.79. The second kappa shape index (κ2) is 6.34. The molecule has 0 spiro atoms. The van der Waals surface area contributed by atoms with Gasteiger partial charge in [0.05, 0.1) is 0 Å². The van der Waals surface area contributed by atoms with Crippen molar-refractivity contribution in [1.29, 1.82) is 0 Å². The topological polar surface area (TPSA) is 48.1 Å². The van der Waals surface area contributed by atoms with Crippen LogP contribution in [0.4, 0.5) is 0 Å². The second-order valence-corrected chi connectivity index (χ2v) is 4.99. The molecule has 0 aliphatic rings. The summed E-state index contributed by atoms with van der Waals surface area (Å²) in [6.45, 7) is 4.57. The molecule has 1 heterocycles. The molecule has 0 amide bonds. The van der Waals surface area contributed by atoms with E-state index in [0.717, 1.165) is 23.3 Å². The van der Waals surface area contributed by atoms with Gasteiger partial charge in [-0.05, 0) is 49.6 Å². The lowest BCUT2D eigenvalue weighted by molar-refractivity contribution is 0.305. The predicted molar refractivity (Wildman–Crippen MR) is 77.1 cm³/mol. The molecule has 1 unspecified atom stereocenters. The lowest BCUT2D eigenvalue weighted by Crippen LogP contribution is -2.17. The molecule has 0 fully saturated rings. The molecule has 2 rings (SSSR count). The summed E-state index contributed by atoms with van der Waals surface area (Å²) in [7, 11) is 0. The van der Waals surface area contributed by atoms with Crippen LogP contribution >= 0.6 is 0 Å². The van der Waals surface area contributed by atoms with E-state index >= 15 is 0 Å². The molecule has 1 aromatic heterocycles. The number of rotatable bonds is 5. The summed E-state index contributed by atoms with van der Waals surface area (Å²) >= 11 is 0. The van der Waals surface area contributed by atoms with Crippen molar-refractivity contribution in [3.8, 4) is 5.75 Å². The van der Waals surface area contributed by atoms with E-state index in [-0.39, 0.29) is 6.04 Å². The van der Waals surface area contributed by atoms with E-state index in [1.807, 2.05) is 44.4 Å². The minimum atomic E-state index is 0.163. The van der Waals surface area contributed by atoms with Gasteiger partial charge in [-0.3, -0.25) is 4.98 Å². The number of nitrogens with two attached hydrogens (primary N) is 1. The Morgan fingerprint density at radius 3 is 2.79 bits per heavy atom. The van der Waals surface area contributed by atoms with Gasteiger partial charge in [-0.15, -0.1) is 0 Å². The van der Waals surface area contributed by atoms with Gasteiger partial charge in [-0.1, -0.05) is 12.1 Å². The van der Waals surface area contributed by atoms with E-state index in [0.29, 0.717) is 6.61 Å². The fraction of sp³-hybridized carbons (Fsp3) is 0.312. The van der Waals surface area contributed by atoms with Crippen LogP contribution in [0.15, 0.2) is 42.7 Å². The van der Waals surface area contributed by atoms with Gasteiger partial charge in [0.15, 0.2) is 0 Å². The third-order valence-corrected chi connectivity index (χ3v) is 2.79.